The third kappa shape index (κ3) is 4.61. The van der Waals surface area contributed by atoms with Gasteiger partial charge in [-0.15, -0.1) is 0 Å². The molecule has 0 radical (unpaired) electrons. The molecule has 7 heteroatoms. The molecule has 0 aliphatic carbocycles. The molecule has 2 N–H and O–H groups in total. The van der Waals surface area contributed by atoms with Gasteiger partial charge in [-0.05, 0) is 17.7 Å². The predicted molar refractivity (Wildman–Crippen MR) is 58.0 cm³/mol. The van der Waals surface area contributed by atoms with Crippen LogP contribution in [0.1, 0.15) is 11.6 Å². The van der Waals surface area contributed by atoms with Crippen LogP contribution >= 0.6 is 15.9 Å². The van der Waals surface area contributed by atoms with Crippen LogP contribution in [0.25, 0.3) is 0 Å². The summed E-state index contributed by atoms with van der Waals surface area (Å²) in [4.78, 5) is 0. The van der Waals surface area contributed by atoms with Gasteiger partial charge in [0.1, 0.15) is 5.82 Å². The number of aliphatic hydroxyl groups excluding tert-OH is 1. The van der Waals surface area contributed by atoms with E-state index in [4.69, 9.17) is 5.11 Å². The minimum Gasteiger partial charge on any atom is -0.394 e. The Bertz CT molecular complexity index is 383. The van der Waals surface area contributed by atoms with Crippen LogP contribution in [0.15, 0.2) is 22.7 Å². The van der Waals surface area contributed by atoms with Gasteiger partial charge < -0.3 is 5.11 Å². The summed E-state index contributed by atoms with van der Waals surface area (Å²) in [7, 11) is 0. The number of alkyl halides is 3. The van der Waals surface area contributed by atoms with Crippen LogP contribution in [0.3, 0.4) is 0 Å². The molecule has 96 valence electrons. The van der Waals surface area contributed by atoms with Crippen LogP contribution in [0.4, 0.5) is 17.6 Å². The fourth-order valence-electron chi connectivity index (χ4n) is 1.30. The highest BCUT2D eigenvalue weighted by Crippen LogP contribution is 2.25. The summed E-state index contributed by atoms with van der Waals surface area (Å²) in [5.41, 5.74) is 0.373. The minimum absolute atomic E-state index is 0.311. The van der Waals surface area contributed by atoms with Crippen LogP contribution in [-0.2, 0) is 0 Å². The van der Waals surface area contributed by atoms with Gasteiger partial charge in [-0.1, -0.05) is 22.0 Å². The Morgan fingerprint density at radius 1 is 1.35 bits per heavy atom. The standard InChI is InChI=1S/C10H10BrF4NO/c11-8-3-6(12)1-2-7(8)9(4-17)16-5-10(13,14)15/h1-3,9,16-17H,4-5H2. The highest BCUT2D eigenvalue weighted by molar-refractivity contribution is 9.10. The molecule has 0 saturated carbocycles. The molecular formula is C10H10BrF4NO. The van der Waals surface area contributed by atoms with Crippen molar-refractivity contribution in [3.63, 3.8) is 0 Å². The van der Waals surface area contributed by atoms with Crippen molar-refractivity contribution in [1.82, 2.24) is 5.32 Å². The summed E-state index contributed by atoms with van der Waals surface area (Å²) in [6.07, 6.45) is -4.36. The average molecular weight is 316 g/mol. The highest BCUT2D eigenvalue weighted by Gasteiger charge is 2.28. The number of nitrogens with one attached hydrogen (secondary N) is 1. The lowest BCUT2D eigenvalue weighted by Crippen LogP contribution is -2.33. The molecule has 0 aromatic heterocycles. The zero-order valence-corrected chi connectivity index (χ0v) is 10.1. The Hall–Kier alpha value is -0.660. The van der Waals surface area contributed by atoms with E-state index in [0.717, 1.165) is 12.1 Å². The Morgan fingerprint density at radius 2 is 2.00 bits per heavy atom. The van der Waals surface area contributed by atoms with E-state index in [0.29, 0.717) is 10.0 Å². The van der Waals surface area contributed by atoms with E-state index in [2.05, 4.69) is 21.2 Å². The molecule has 1 rings (SSSR count). The molecule has 0 amide bonds. The molecule has 0 spiro atoms. The van der Waals surface area contributed by atoms with Gasteiger partial charge in [-0.2, -0.15) is 13.2 Å². The van der Waals surface area contributed by atoms with Crippen LogP contribution < -0.4 is 5.32 Å². The van der Waals surface area contributed by atoms with E-state index in [-0.39, 0.29) is 0 Å². The quantitative estimate of drug-likeness (QED) is 0.837. The van der Waals surface area contributed by atoms with Crippen molar-refractivity contribution in [1.29, 1.82) is 0 Å². The summed E-state index contributed by atoms with van der Waals surface area (Å²) < 4.78 is 49.2. The topological polar surface area (TPSA) is 32.3 Å². The Kier molecular flexibility index (Phi) is 4.91. The third-order valence-electron chi connectivity index (χ3n) is 2.07. The summed E-state index contributed by atoms with van der Waals surface area (Å²) in [6.45, 7) is -1.73. The molecule has 1 unspecified atom stereocenters. The van der Waals surface area contributed by atoms with Crippen molar-refractivity contribution < 1.29 is 22.7 Å². The number of halogens is 5. The fourth-order valence-corrected chi connectivity index (χ4v) is 1.92. The number of hydrogen-bond donors (Lipinski definition) is 2. The summed E-state index contributed by atoms with van der Waals surface area (Å²) in [5, 5.41) is 11.2. The molecule has 0 bridgehead atoms. The predicted octanol–water partition coefficient (Wildman–Crippen LogP) is 2.77. The lowest BCUT2D eigenvalue weighted by atomic mass is 10.1. The van der Waals surface area contributed by atoms with Gasteiger partial charge in [0, 0.05) is 4.47 Å². The smallest absolute Gasteiger partial charge is 0.394 e. The molecule has 2 nitrogen and oxygen atoms in total. The van der Waals surface area contributed by atoms with E-state index in [1.165, 1.54) is 6.07 Å². The van der Waals surface area contributed by atoms with Gasteiger partial charge in [0.25, 0.3) is 0 Å². The van der Waals surface area contributed by atoms with Crippen molar-refractivity contribution in [2.45, 2.75) is 12.2 Å². The van der Waals surface area contributed by atoms with Crippen LogP contribution in [0, 0.1) is 5.82 Å². The minimum atomic E-state index is -4.36. The van der Waals surface area contributed by atoms with Gasteiger partial charge in [-0.3, -0.25) is 5.32 Å². The van der Waals surface area contributed by atoms with E-state index in [1.807, 2.05) is 0 Å². The molecule has 1 atom stereocenters. The molecular weight excluding hydrogens is 306 g/mol. The van der Waals surface area contributed by atoms with Gasteiger partial charge in [0.05, 0.1) is 19.2 Å². The highest BCUT2D eigenvalue weighted by atomic mass is 79.9. The normalized spacial score (nSPS) is 13.8. The van der Waals surface area contributed by atoms with Crippen LogP contribution in [0.2, 0.25) is 0 Å². The van der Waals surface area contributed by atoms with E-state index < -0.39 is 31.2 Å². The second kappa shape index (κ2) is 5.79. The van der Waals surface area contributed by atoms with Gasteiger partial charge in [0.15, 0.2) is 0 Å². The monoisotopic (exact) mass is 315 g/mol. The molecule has 0 aliphatic heterocycles. The lowest BCUT2D eigenvalue weighted by molar-refractivity contribution is -0.126. The Balaban J connectivity index is 2.79. The largest absolute Gasteiger partial charge is 0.401 e. The lowest BCUT2D eigenvalue weighted by Gasteiger charge is -2.19. The molecule has 0 fully saturated rings. The number of aliphatic hydroxyl groups is 1. The van der Waals surface area contributed by atoms with Gasteiger partial charge >= 0.3 is 6.18 Å². The molecule has 0 aliphatic rings. The first-order chi connectivity index (χ1) is 7.83. The first-order valence-electron chi connectivity index (χ1n) is 4.69. The fraction of sp³-hybridized carbons (Fsp3) is 0.400. The molecule has 0 saturated heterocycles. The van der Waals surface area contributed by atoms with Crippen molar-refractivity contribution >= 4 is 15.9 Å². The van der Waals surface area contributed by atoms with Gasteiger partial charge in [-0.25, -0.2) is 4.39 Å². The van der Waals surface area contributed by atoms with Crippen LogP contribution in [-0.4, -0.2) is 24.4 Å². The molecule has 17 heavy (non-hydrogen) atoms. The van der Waals surface area contributed by atoms with Gasteiger partial charge in [0.2, 0.25) is 0 Å². The second-order valence-corrected chi connectivity index (χ2v) is 4.25. The van der Waals surface area contributed by atoms with Crippen molar-refractivity contribution in [2.24, 2.45) is 0 Å². The first kappa shape index (κ1) is 14.4. The van der Waals surface area contributed by atoms with Crippen LogP contribution in [0.5, 0.6) is 0 Å². The van der Waals surface area contributed by atoms with Crippen molar-refractivity contribution in [3.8, 4) is 0 Å². The average Bonchev–Trinajstić information content (AvgIpc) is 2.19. The summed E-state index contributed by atoms with van der Waals surface area (Å²) in [6, 6.07) is 2.68. The Morgan fingerprint density at radius 3 is 2.47 bits per heavy atom. The maximum atomic E-state index is 12.8. The summed E-state index contributed by atoms with van der Waals surface area (Å²) >= 11 is 3.04. The zero-order chi connectivity index (χ0) is 13.1. The maximum Gasteiger partial charge on any atom is 0.401 e. The molecule has 1 aromatic carbocycles. The number of hydrogen-bond acceptors (Lipinski definition) is 2. The second-order valence-electron chi connectivity index (χ2n) is 3.40. The first-order valence-corrected chi connectivity index (χ1v) is 5.48. The SMILES string of the molecule is OCC(NCC(F)(F)F)c1ccc(F)cc1Br. The molecule has 1 aromatic rings. The Labute approximate surface area is 104 Å². The number of rotatable bonds is 4. The van der Waals surface area contributed by atoms with Crippen molar-refractivity contribution in [3.05, 3.63) is 34.1 Å². The van der Waals surface area contributed by atoms with Crippen molar-refractivity contribution in [2.75, 3.05) is 13.2 Å². The van der Waals surface area contributed by atoms with E-state index in [1.54, 1.807) is 0 Å². The van der Waals surface area contributed by atoms with E-state index in [9.17, 15) is 17.6 Å². The number of benzene rings is 1. The van der Waals surface area contributed by atoms with E-state index >= 15 is 0 Å². The molecule has 0 heterocycles. The third-order valence-corrected chi connectivity index (χ3v) is 2.76. The summed E-state index contributed by atoms with van der Waals surface area (Å²) in [5.74, 6) is -0.506. The zero-order valence-electron chi connectivity index (χ0n) is 8.56. The maximum absolute atomic E-state index is 12.8.